The fourth-order valence-corrected chi connectivity index (χ4v) is 2.10. The van der Waals surface area contributed by atoms with Crippen LogP contribution in [0.1, 0.15) is 5.56 Å². The fraction of sp³-hybridized carbons (Fsp3) is 0. The van der Waals surface area contributed by atoms with Gasteiger partial charge in [0.15, 0.2) is 5.84 Å². The Balaban J connectivity index is 2.01. The molecule has 110 valence electrons. The summed E-state index contributed by atoms with van der Waals surface area (Å²) in [5, 5.41) is 22.3. The second kappa shape index (κ2) is 5.17. The zero-order valence-electron chi connectivity index (χ0n) is 11.2. The van der Waals surface area contributed by atoms with Gasteiger partial charge in [-0.2, -0.15) is 0 Å². The third kappa shape index (κ3) is 2.33. The molecule has 1 aromatic heterocycles. The highest BCUT2D eigenvalue weighted by atomic mass is 16.6. The molecule has 3 aromatic rings. The maximum absolute atomic E-state index is 10.8. The van der Waals surface area contributed by atoms with E-state index in [-0.39, 0.29) is 11.5 Å². The first-order valence-electron chi connectivity index (χ1n) is 6.31. The van der Waals surface area contributed by atoms with Gasteiger partial charge >= 0.3 is 0 Å². The normalized spacial score (nSPS) is 11.7. The average Bonchev–Trinajstić information content (AvgIpc) is 2.97. The summed E-state index contributed by atoms with van der Waals surface area (Å²) in [4.78, 5) is 17.8. The zero-order chi connectivity index (χ0) is 15.7. The Kier molecular flexibility index (Phi) is 3.18. The van der Waals surface area contributed by atoms with Crippen molar-refractivity contribution in [1.29, 1.82) is 0 Å². The maximum atomic E-state index is 10.8. The topological polar surface area (TPSA) is 130 Å². The van der Waals surface area contributed by atoms with E-state index < -0.39 is 4.92 Å². The summed E-state index contributed by atoms with van der Waals surface area (Å²) in [6.45, 7) is 0. The number of benzene rings is 2. The van der Waals surface area contributed by atoms with Crippen molar-refractivity contribution in [3.05, 3.63) is 58.1 Å². The molecule has 0 fully saturated rings. The average molecular weight is 297 g/mol. The van der Waals surface area contributed by atoms with Crippen LogP contribution in [-0.4, -0.2) is 25.9 Å². The van der Waals surface area contributed by atoms with Gasteiger partial charge in [0.05, 0.1) is 16.0 Å². The summed E-state index contributed by atoms with van der Waals surface area (Å²) in [6, 6.07) is 11.4. The predicted octanol–water partition coefficient (Wildman–Crippen LogP) is 2.23. The van der Waals surface area contributed by atoms with Crippen LogP contribution in [-0.2, 0) is 0 Å². The number of fused-ring (bicyclic) bond motifs is 1. The molecular formula is C14H11N5O3. The van der Waals surface area contributed by atoms with Gasteiger partial charge in [0.25, 0.3) is 5.69 Å². The fourth-order valence-electron chi connectivity index (χ4n) is 2.10. The molecule has 4 N–H and O–H groups in total. The van der Waals surface area contributed by atoms with Crippen LogP contribution in [0.4, 0.5) is 5.69 Å². The van der Waals surface area contributed by atoms with Crippen LogP contribution in [0.15, 0.2) is 47.6 Å². The maximum Gasteiger partial charge on any atom is 0.271 e. The Morgan fingerprint density at radius 1 is 1.27 bits per heavy atom. The van der Waals surface area contributed by atoms with Crippen LogP contribution >= 0.6 is 0 Å². The predicted molar refractivity (Wildman–Crippen MR) is 80.7 cm³/mol. The number of nitrogens with one attached hydrogen (secondary N) is 1. The van der Waals surface area contributed by atoms with Crippen LogP contribution in [0.25, 0.3) is 22.4 Å². The zero-order valence-corrected chi connectivity index (χ0v) is 11.2. The van der Waals surface area contributed by atoms with Crippen molar-refractivity contribution in [3.63, 3.8) is 0 Å². The minimum Gasteiger partial charge on any atom is -0.409 e. The van der Waals surface area contributed by atoms with Crippen molar-refractivity contribution in [2.75, 3.05) is 0 Å². The number of H-pyrrole nitrogens is 1. The first kappa shape index (κ1) is 13.6. The van der Waals surface area contributed by atoms with Gasteiger partial charge in [0.2, 0.25) is 0 Å². The molecule has 0 aliphatic rings. The van der Waals surface area contributed by atoms with E-state index in [0.29, 0.717) is 22.4 Å². The number of hydrogen-bond acceptors (Lipinski definition) is 5. The van der Waals surface area contributed by atoms with Gasteiger partial charge in [-0.1, -0.05) is 29.4 Å². The summed E-state index contributed by atoms with van der Waals surface area (Å²) in [5.74, 6) is 0.605. The van der Waals surface area contributed by atoms with E-state index in [2.05, 4.69) is 15.1 Å². The summed E-state index contributed by atoms with van der Waals surface area (Å²) in [6.07, 6.45) is 0. The number of amidine groups is 1. The molecule has 22 heavy (non-hydrogen) atoms. The van der Waals surface area contributed by atoms with Gasteiger partial charge < -0.3 is 15.9 Å². The molecule has 3 rings (SSSR count). The Hall–Kier alpha value is -3.42. The SMILES string of the molecule is N/C(=N/O)c1ccc(-c2nc3ccc([N+](=O)[O-])cc3[nH]2)cc1. The second-order valence-corrected chi connectivity index (χ2v) is 4.61. The van der Waals surface area contributed by atoms with Gasteiger partial charge in [-0.3, -0.25) is 10.1 Å². The lowest BCUT2D eigenvalue weighted by molar-refractivity contribution is -0.384. The van der Waals surface area contributed by atoms with E-state index >= 15 is 0 Å². The third-order valence-corrected chi connectivity index (χ3v) is 3.24. The monoisotopic (exact) mass is 297 g/mol. The first-order valence-corrected chi connectivity index (χ1v) is 6.31. The summed E-state index contributed by atoms with van der Waals surface area (Å²) >= 11 is 0. The summed E-state index contributed by atoms with van der Waals surface area (Å²) in [7, 11) is 0. The van der Waals surface area contributed by atoms with E-state index in [1.54, 1.807) is 30.3 Å². The number of nitrogens with zero attached hydrogens (tertiary/aromatic N) is 3. The number of non-ortho nitro benzene ring substituents is 1. The molecule has 0 aliphatic heterocycles. The van der Waals surface area contributed by atoms with Crippen molar-refractivity contribution in [2.24, 2.45) is 10.9 Å². The molecule has 0 saturated carbocycles. The van der Waals surface area contributed by atoms with E-state index in [0.717, 1.165) is 5.56 Å². The number of nitro benzene ring substituents is 1. The highest BCUT2D eigenvalue weighted by molar-refractivity contribution is 5.97. The standard InChI is InChI=1S/C14H11N5O3/c15-13(18-20)8-1-3-9(4-2-8)14-16-11-6-5-10(19(21)22)7-12(11)17-14/h1-7,20H,(H2,15,18)(H,16,17). The number of nitro groups is 1. The number of oxime groups is 1. The van der Waals surface area contributed by atoms with Crippen molar-refractivity contribution >= 4 is 22.6 Å². The van der Waals surface area contributed by atoms with Crippen LogP contribution in [0.5, 0.6) is 0 Å². The quantitative estimate of drug-likeness (QED) is 0.224. The lowest BCUT2D eigenvalue weighted by Crippen LogP contribution is -2.12. The molecule has 1 heterocycles. The minimum atomic E-state index is -0.453. The van der Waals surface area contributed by atoms with Gasteiger partial charge in [0.1, 0.15) is 5.82 Å². The lowest BCUT2D eigenvalue weighted by atomic mass is 10.1. The third-order valence-electron chi connectivity index (χ3n) is 3.24. The van der Waals surface area contributed by atoms with Crippen molar-refractivity contribution < 1.29 is 10.1 Å². The molecule has 0 spiro atoms. The molecule has 0 unspecified atom stereocenters. The molecule has 0 bridgehead atoms. The van der Waals surface area contributed by atoms with E-state index in [1.165, 1.54) is 12.1 Å². The van der Waals surface area contributed by atoms with Crippen LogP contribution in [0.2, 0.25) is 0 Å². The van der Waals surface area contributed by atoms with E-state index in [9.17, 15) is 10.1 Å². The van der Waals surface area contributed by atoms with Crippen LogP contribution in [0, 0.1) is 10.1 Å². The molecule has 0 amide bonds. The molecular weight excluding hydrogens is 286 g/mol. The number of aromatic nitrogens is 2. The number of hydrogen-bond donors (Lipinski definition) is 3. The number of imidazole rings is 1. The number of rotatable bonds is 3. The second-order valence-electron chi connectivity index (χ2n) is 4.61. The number of nitrogens with two attached hydrogens (primary N) is 1. The first-order chi connectivity index (χ1) is 10.6. The van der Waals surface area contributed by atoms with E-state index in [4.69, 9.17) is 10.9 Å². The largest absolute Gasteiger partial charge is 0.409 e. The molecule has 0 saturated heterocycles. The van der Waals surface area contributed by atoms with Crippen molar-refractivity contribution in [2.45, 2.75) is 0 Å². The molecule has 8 nitrogen and oxygen atoms in total. The smallest absolute Gasteiger partial charge is 0.271 e. The molecule has 0 atom stereocenters. The van der Waals surface area contributed by atoms with E-state index in [1.807, 2.05) is 0 Å². The Morgan fingerprint density at radius 2 is 2.00 bits per heavy atom. The molecule has 8 heteroatoms. The van der Waals surface area contributed by atoms with Crippen LogP contribution in [0.3, 0.4) is 0 Å². The lowest BCUT2D eigenvalue weighted by Gasteiger charge is -2.00. The van der Waals surface area contributed by atoms with Gasteiger partial charge in [-0.25, -0.2) is 4.98 Å². The van der Waals surface area contributed by atoms with Gasteiger partial charge in [-0.15, -0.1) is 0 Å². The minimum absolute atomic E-state index is 0.00461. The van der Waals surface area contributed by atoms with Gasteiger partial charge in [-0.05, 0) is 6.07 Å². The van der Waals surface area contributed by atoms with Gasteiger partial charge in [0, 0.05) is 23.3 Å². The molecule has 2 aromatic carbocycles. The summed E-state index contributed by atoms with van der Waals surface area (Å²) in [5.41, 5.74) is 8.10. The Labute approximate surface area is 124 Å². The van der Waals surface area contributed by atoms with Crippen LogP contribution < -0.4 is 5.73 Å². The summed E-state index contributed by atoms with van der Waals surface area (Å²) < 4.78 is 0. The Morgan fingerprint density at radius 3 is 2.64 bits per heavy atom. The van der Waals surface area contributed by atoms with Crippen molar-refractivity contribution in [3.8, 4) is 11.4 Å². The Bertz CT molecular complexity index is 883. The molecule has 0 aliphatic carbocycles. The highest BCUT2D eigenvalue weighted by Crippen LogP contribution is 2.24. The molecule has 0 radical (unpaired) electrons. The van der Waals surface area contributed by atoms with Crippen molar-refractivity contribution in [1.82, 2.24) is 9.97 Å². The number of aromatic amines is 1. The highest BCUT2D eigenvalue weighted by Gasteiger charge is 2.11.